The van der Waals surface area contributed by atoms with Gasteiger partial charge in [0.2, 0.25) is 0 Å². The zero-order chi connectivity index (χ0) is 10.1. The second-order valence-electron chi connectivity index (χ2n) is 4.31. The monoisotopic (exact) mass is 194 g/mol. The van der Waals surface area contributed by atoms with Crippen molar-refractivity contribution in [1.82, 2.24) is 0 Å². The highest BCUT2D eigenvalue weighted by atomic mass is 16.2. The maximum atomic E-state index is 11.6. The van der Waals surface area contributed by atoms with Crippen molar-refractivity contribution in [2.24, 2.45) is 11.8 Å². The van der Waals surface area contributed by atoms with Crippen molar-refractivity contribution in [2.45, 2.75) is 38.5 Å². The van der Waals surface area contributed by atoms with Crippen LogP contribution in [0.15, 0.2) is 0 Å². The molecule has 0 radical (unpaired) electrons. The molecule has 0 bridgehead atoms. The molecule has 0 aromatic carbocycles. The molecule has 3 nitrogen and oxygen atoms in total. The second kappa shape index (κ2) is 3.64. The number of carbonyl (C=O) groups is 3. The van der Waals surface area contributed by atoms with E-state index < -0.39 is 5.92 Å². The van der Waals surface area contributed by atoms with Crippen LogP contribution in [-0.2, 0) is 14.4 Å². The van der Waals surface area contributed by atoms with Gasteiger partial charge in [-0.05, 0) is 18.8 Å². The Balaban J connectivity index is 2.10. The molecular weight excluding hydrogens is 180 g/mol. The summed E-state index contributed by atoms with van der Waals surface area (Å²) >= 11 is 0. The van der Waals surface area contributed by atoms with Crippen LogP contribution in [0.2, 0.25) is 0 Å². The molecule has 0 saturated heterocycles. The van der Waals surface area contributed by atoms with E-state index in [0.717, 1.165) is 6.42 Å². The van der Waals surface area contributed by atoms with E-state index in [9.17, 15) is 14.4 Å². The van der Waals surface area contributed by atoms with Crippen LogP contribution in [0.3, 0.4) is 0 Å². The molecular formula is C11H14O3. The van der Waals surface area contributed by atoms with Gasteiger partial charge in [-0.1, -0.05) is 0 Å². The average molecular weight is 194 g/mol. The molecule has 0 heterocycles. The van der Waals surface area contributed by atoms with Crippen molar-refractivity contribution in [2.75, 3.05) is 0 Å². The normalized spacial score (nSPS) is 30.0. The van der Waals surface area contributed by atoms with Crippen molar-refractivity contribution >= 4 is 17.3 Å². The summed E-state index contributed by atoms with van der Waals surface area (Å²) in [6, 6.07) is 0. The molecule has 0 spiro atoms. The summed E-state index contributed by atoms with van der Waals surface area (Å²) < 4.78 is 0. The minimum Gasteiger partial charge on any atom is -0.300 e. The van der Waals surface area contributed by atoms with Crippen LogP contribution in [0.1, 0.15) is 38.5 Å². The van der Waals surface area contributed by atoms with E-state index in [1.54, 1.807) is 0 Å². The summed E-state index contributed by atoms with van der Waals surface area (Å²) in [6.07, 6.45) is 3.50. The van der Waals surface area contributed by atoms with Crippen LogP contribution in [0.4, 0.5) is 0 Å². The maximum Gasteiger partial charge on any atom is 0.143 e. The molecule has 0 aromatic heterocycles. The Kier molecular flexibility index (Phi) is 2.48. The van der Waals surface area contributed by atoms with Gasteiger partial charge in [0.05, 0.1) is 5.92 Å². The fourth-order valence-corrected chi connectivity index (χ4v) is 2.58. The van der Waals surface area contributed by atoms with Gasteiger partial charge in [-0.2, -0.15) is 0 Å². The molecule has 0 aliphatic heterocycles. The smallest absolute Gasteiger partial charge is 0.143 e. The first kappa shape index (κ1) is 9.56. The Labute approximate surface area is 82.9 Å². The molecule has 0 aromatic rings. The van der Waals surface area contributed by atoms with E-state index in [0.29, 0.717) is 32.1 Å². The van der Waals surface area contributed by atoms with E-state index in [-0.39, 0.29) is 23.3 Å². The van der Waals surface area contributed by atoms with E-state index in [1.807, 2.05) is 0 Å². The third-order valence-corrected chi connectivity index (χ3v) is 3.30. The molecule has 14 heavy (non-hydrogen) atoms. The van der Waals surface area contributed by atoms with Crippen LogP contribution in [0.5, 0.6) is 0 Å². The molecule has 2 aliphatic carbocycles. The lowest BCUT2D eigenvalue weighted by atomic mass is 9.77. The molecule has 2 rings (SSSR count). The fourth-order valence-electron chi connectivity index (χ4n) is 2.58. The number of Topliss-reactive ketones (excluding diaryl/α,β-unsaturated/α-hetero) is 3. The van der Waals surface area contributed by atoms with Gasteiger partial charge in [-0.25, -0.2) is 0 Å². The predicted molar refractivity (Wildman–Crippen MR) is 49.7 cm³/mol. The van der Waals surface area contributed by atoms with Gasteiger partial charge in [-0.15, -0.1) is 0 Å². The summed E-state index contributed by atoms with van der Waals surface area (Å²) in [5.41, 5.74) is 0. The summed E-state index contributed by atoms with van der Waals surface area (Å²) in [5.74, 6) is -0.0546. The third-order valence-electron chi connectivity index (χ3n) is 3.30. The Morgan fingerprint density at radius 3 is 2.07 bits per heavy atom. The molecule has 3 heteroatoms. The summed E-state index contributed by atoms with van der Waals surface area (Å²) in [4.78, 5) is 34.2. The lowest BCUT2D eigenvalue weighted by molar-refractivity contribution is -0.137. The highest BCUT2D eigenvalue weighted by Crippen LogP contribution is 2.34. The SMILES string of the molecule is O=C1CCC(C2C(=O)CCCC2=O)C1. The number of rotatable bonds is 1. The topological polar surface area (TPSA) is 51.2 Å². The van der Waals surface area contributed by atoms with Crippen LogP contribution >= 0.6 is 0 Å². The van der Waals surface area contributed by atoms with Crippen LogP contribution in [0.25, 0.3) is 0 Å². The highest BCUT2D eigenvalue weighted by molar-refractivity contribution is 6.05. The summed E-state index contributed by atoms with van der Waals surface area (Å²) in [7, 11) is 0. The molecule has 76 valence electrons. The predicted octanol–water partition coefficient (Wildman–Crippen LogP) is 1.29. The number of ketones is 3. The first-order valence-electron chi connectivity index (χ1n) is 5.25. The number of carbonyl (C=O) groups excluding carboxylic acids is 3. The van der Waals surface area contributed by atoms with Gasteiger partial charge < -0.3 is 0 Å². The molecule has 0 N–H and O–H groups in total. The van der Waals surface area contributed by atoms with Gasteiger partial charge in [-0.3, -0.25) is 14.4 Å². The van der Waals surface area contributed by atoms with E-state index >= 15 is 0 Å². The van der Waals surface area contributed by atoms with Gasteiger partial charge in [0.15, 0.2) is 0 Å². The van der Waals surface area contributed by atoms with Crippen LogP contribution < -0.4 is 0 Å². The van der Waals surface area contributed by atoms with Crippen LogP contribution in [0, 0.1) is 11.8 Å². The number of hydrogen-bond donors (Lipinski definition) is 0. The standard InChI is InChI=1S/C11H14O3/c12-8-5-4-7(6-8)11-9(13)2-1-3-10(11)14/h7,11H,1-6H2. The van der Waals surface area contributed by atoms with Gasteiger partial charge in [0.25, 0.3) is 0 Å². The minimum absolute atomic E-state index is 0.0304. The Morgan fingerprint density at radius 2 is 1.57 bits per heavy atom. The minimum atomic E-state index is -0.435. The second-order valence-corrected chi connectivity index (χ2v) is 4.31. The Morgan fingerprint density at radius 1 is 0.929 bits per heavy atom. The van der Waals surface area contributed by atoms with E-state index in [1.165, 1.54) is 0 Å². The number of hydrogen-bond acceptors (Lipinski definition) is 3. The molecule has 2 saturated carbocycles. The molecule has 1 unspecified atom stereocenters. The average Bonchev–Trinajstić information content (AvgIpc) is 2.51. The van der Waals surface area contributed by atoms with Crippen molar-refractivity contribution in [1.29, 1.82) is 0 Å². The Bertz CT molecular complexity index is 277. The zero-order valence-electron chi connectivity index (χ0n) is 8.12. The zero-order valence-corrected chi connectivity index (χ0v) is 8.12. The quantitative estimate of drug-likeness (QED) is 0.591. The van der Waals surface area contributed by atoms with Gasteiger partial charge in [0.1, 0.15) is 17.3 Å². The van der Waals surface area contributed by atoms with Crippen molar-refractivity contribution in [3.05, 3.63) is 0 Å². The van der Waals surface area contributed by atoms with E-state index in [4.69, 9.17) is 0 Å². The van der Waals surface area contributed by atoms with E-state index in [2.05, 4.69) is 0 Å². The van der Waals surface area contributed by atoms with Crippen molar-refractivity contribution in [3.63, 3.8) is 0 Å². The molecule has 0 amide bonds. The summed E-state index contributed by atoms with van der Waals surface area (Å²) in [6.45, 7) is 0. The van der Waals surface area contributed by atoms with Crippen LogP contribution in [-0.4, -0.2) is 17.3 Å². The molecule has 2 fully saturated rings. The third kappa shape index (κ3) is 1.63. The van der Waals surface area contributed by atoms with Crippen molar-refractivity contribution < 1.29 is 14.4 Å². The lowest BCUT2D eigenvalue weighted by Crippen LogP contribution is -2.33. The van der Waals surface area contributed by atoms with Crippen molar-refractivity contribution in [3.8, 4) is 0 Å². The Hall–Kier alpha value is -0.990. The fraction of sp³-hybridized carbons (Fsp3) is 0.727. The molecule has 1 atom stereocenters. The molecule has 2 aliphatic rings. The highest BCUT2D eigenvalue weighted by Gasteiger charge is 2.39. The van der Waals surface area contributed by atoms with Gasteiger partial charge in [0, 0.05) is 25.7 Å². The maximum absolute atomic E-state index is 11.6. The first-order valence-corrected chi connectivity index (χ1v) is 5.25. The summed E-state index contributed by atoms with van der Waals surface area (Å²) in [5, 5.41) is 0. The largest absolute Gasteiger partial charge is 0.300 e. The van der Waals surface area contributed by atoms with Gasteiger partial charge >= 0.3 is 0 Å². The first-order chi connectivity index (χ1) is 6.68. The lowest BCUT2D eigenvalue weighted by Gasteiger charge is -2.23.